The molecule has 0 N–H and O–H groups in total. The van der Waals surface area contributed by atoms with Gasteiger partial charge in [-0.2, -0.15) is 10.1 Å². The lowest BCUT2D eigenvalue weighted by atomic mass is 10.3. The van der Waals surface area contributed by atoms with E-state index in [4.69, 9.17) is 27.9 Å². The molecule has 2 aromatic heterocycles. The Morgan fingerprint density at radius 1 is 1.27 bits per heavy atom. The molecule has 0 aliphatic carbocycles. The third-order valence-corrected chi connectivity index (χ3v) is 2.76. The van der Waals surface area contributed by atoms with Gasteiger partial charge in [0.15, 0.2) is 5.65 Å². The van der Waals surface area contributed by atoms with Crippen LogP contribution in [0.3, 0.4) is 0 Å². The maximum absolute atomic E-state index is 6.00. The second-order valence-corrected chi connectivity index (χ2v) is 3.90. The molecular weight excluding hydrogens is 239 g/mol. The number of rotatable bonds is 0. The number of hydrogen-bond donors (Lipinski definition) is 0. The maximum atomic E-state index is 6.00. The summed E-state index contributed by atoms with van der Waals surface area (Å²) in [7, 11) is 0. The van der Waals surface area contributed by atoms with E-state index < -0.39 is 0 Å². The fourth-order valence-electron chi connectivity index (χ4n) is 1.67. The zero-order chi connectivity index (χ0) is 10.4. The van der Waals surface area contributed by atoms with Crippen molar-refractivity contribution in [3.05, 3.63) is 16.1 Å². The van der Waals surface area contributed by atoms with Crippen LogP contribution < -0.4 is 0 Å². The standard InChI is InChI=1S/C8H6Cl2N4O/c9-6-5-4-3-15-2-1-14(4)13-7(5)12-8(10)11-6/h1-3H2. The number of hydrogen-bond acceptors (Lipinski definition) is 4. The summed E-state index contributed by atoms with van der Waals surface area (Å²) in [5.74, 6) is 0. The summed E-state index contributed by atoms with van der Waals surface area (Å²) in [5.41, 5.74) is 1.44. The van der Waals surface area contributed by atoms with E-state index >= 15 is 0 Å². The molecule has 0 saturated heterocycles. The van der Waals surface area contributed by atoms with Crippen molar-refractivity contribution in [2.45, 2.75) is 13.2 Å². The van der Waals surface area contributed by atoms with E-state index in [-0.39, 0.29) is 5.28 Å². The first-order chi connectivity index (χ1) is 7.25. The van der Waals surface area contributed by atoms with Gasteiger partial charge in [0, 0.05) is 0 Å². The highest BCUT2D eigenvalue weighted by atomic mass is 35.5. The van der Waals surface area contributed by atoms with Crippen LogP contribution in [0.5, 0.6) is 0 Å². The SMILES string of the molecule is Clc1nc(Cl)c2c3n(nc2n1)CCOC3. The molecule has 0 atom stereocenters. The van der Waals surface area contributed by atoms with Gasteiger partial charge in [0.05, 0.1) is 30.8 Å². The summed E-state index contributed by atoms with van der Waals surface area (Å²) in [6.45, 7) is 1.85. The fraction of sp³-hybridized carbons (Fsp3) is 0.375. The lowest BCUT2D eigenvalue weighted by Gasteiger charge is -2.13. The lowest BCUT2D eigenvalue weighted by molar-refractivity contribution is 0.0811. The van der Waals surface area contributed by atoms with Crippen LogP contribution >= 0.6 is 23.2 Å². The Kier molecular flexibility index (Phi) is 2.05. The molecule has 0 radical (unpaired) electrons. The molecule has 78 valence electrons. The van der Waals surface area contributed by atoms with Crippen molar-refractivity contribution in [3.8, 4) is 0 Å². The predicted octanol–water partition coefficient (Wildman–Crippen LogP) is 1.66. The fourth-order valence-corrected chi connectivity index (χ4v) is 2.15. The van der Waals surface area contributed by atoms with Gasteiger partial charge in [-0.1, -0.05) is 11.6 Å². The van der Waals surface area contributed by atoms with Crippen molar-refractivity contribution < 1.29 is 4.74 Å². The molecule has 1 aliphatic rings. The second-order valence-electron chi connectivity index (χ2n) is 3.20. The number of fused-ring (bicyclic) bond motifs is 3. The lowest BCUT2D eigenvalue weighted by Crippen LogP contribution is -2.17. The normalized spacial score (nSPS) is 15.6. The molecule has 3 heterocycles. The number of halogens is 2. The zero-order valence-corrected chi connectivity index (χ0v) is 9.09. The first-order valence-electron chi connectivity index (χ1n) is 4.42. The summed E-state index contributed by atoms with van der Waals surface area (Å²) in [6.07, 6.45) is 0. The topological polar surface area (TPSA) is 52.8 Å². The average molecular weight is 245 g/mol. The molecule has 0 saturated carbocycles. The largest absolute Gasteiger partial charge is 0.373 e. The van der Waals surface area contributed by atoms with Gasteiger partial charge in [-0.3, -0.25) is 4.68 Å². The van der Waals surface area contributed by atoms with Gasteiger partial charge in [0.2, 0.25) is 5.28 Å². The molecule has 3 rings (SSSR count). The van der Waals surface area contributed by atoms with E-state index in [1.807, 2.05) is 4.68 Å². The number of aromatic nitrogens is 4. The van der Waals surface area contributed by atoms with E-state index in [2.05, 4.69) is 15.1 Å². The monoisotopic (exact) mass is 244 g/mol. The molecule has 0 bridgehead atoms. The number of nitrogens with zero attached hydrogens (tertiary/aromatic N) is 4. The smallest absolute Gasteiger partial charge is 0.225 e. The highest BCUT2D eigenvalue weighted by Crippen LogP contribution is 2.27. The minimum absolute atomic E-state index is 0.115. The van der Waals surface area contributed by atoms with Crippen LogP contribution in [0.4, 0.5) is 0 Å². The molecule has 2 aromatic rings. The summed E-state index contributed by atoms with van der Waals surface area (Å²) in [5, 5.41) is 5.47. The average Bonchev–Trinajstić information content (AvgIpc) is 2.54. The molecule has 0 fully saturated rings. The molecule has 0 aromatic carbocycles. The third kappa shape index (κ3) is 1.39. The van der Waals surface area contributed by atoms with Crippen LogP contribution in [0.25, 0.3) is 11.0 Å². The zero-order valence-electron chi connectivity index (χ0n) is 7.57. The predicted molar refractivity (Wildman–Crippen MR) is 55.0 cm³/mol. The van der Waals surface area contributed by atoms with Gasteiger partial charge in [-0.15, -0.1) is 0 Å². The summed E-state index contributed by atoms with van der Waals surface area (Å²) < 4.78 is 7.18. The molecule has 5 nitrogen and oxygen atoms in total. The Morgan fingerprint density at radius 3 is 3.00 bits per heavy atom. The third-order valence-electron chi connectivity index (χ3n) is 2.32. The Hall–Kier alpha value is -0.910. The Morgan fingerprint density at radius 2 is 2.13 bits per heavy atom. The summed E-state index contributed by atoms with van der Waals surface area (Å²) in [6, 6.07) is 0. The summed E-state index contributed by atoms with van der Waals surface area (Å²) in [4.78, 5) is 7.92. The van der Waals surface area contributed by atoms with Gasteiger partial charge in [0.1, 0.15) is 5.15 Å². The molecule has 7 heteroatoms. The van der Waals surface area contributed by atoms with Crippen LogP contribution in [0.1, 0.15) is 5.69 Å². The van der Waals surface area contributed by atoms with Crippen LogP contribution in [-0.4, -0.2) is 26.4 Å². The molecular formula is C8H6Cl2N4O. The Balaban J connectivity index is 2.37. The van der Waals surface area contributed by atoms with Crippen LogP contribution in [-0.2, 0) is 17.9 Å². The van der Waals surface area contributed by atoms with Crippen molar-refractivity contribution in [2.75, 3.05) is 6.61 Å². The van der Waals surface area contributed by atoms with E-state index in [0.29, 0.717) is 30.6 Å². The molecule has 15 heavy (non-hydrogen) atoms. The second kappa shape index (κ2) is 3.30. The first kappa shape index (κ1) is 9.33. The highest BCUT2D eigenvalue weighted by molar-refractivity contribution is 6.35. The van der Waals surface area contributed by atoms with Crippen molar-refractivity contribution >= 4 is 34.2 Å². The van der Waals surface area contributed by atoms with Crippen LogP contribution in [0, 0.1) is 0 Å². The van der Waals surface area contributed by atoms with Crippen LogP contribution in [0.15, 0.2) is 0 Å². The van der Waals surface area contributed by atoms with Gasteiger partial charge < -0.3 is 4.74 Å². The van der Waals surface area contributed by atoms with E-state index in [9.17, 15) is 0 Å². The quantitative estimate of drug-likeness (QED) is 0.523. The van der Waals surface area contributed by atoms with Gasteiger partial charge in [-0.05, 0) is 11.6 Å². The highest BCUT2D eigenvalue weighted by Gasteiger charge is 2.19. The molecule has 0 spiro atoms. The van der Waals surface area contributed by atoms with E-state index in [1.165, 1.54) is 0 Å². The van der Waals surface area contributed by atoms with Crippen LogP contribution in [0.2, 0.25) is 10.4 Å². The van der Waals surface area contributed by atoms with Crippen molar-refractivity contribution in [2.24, 2.45) is 0 Å². The summed E-state index contributed by atoms with van der Waals surface area (Å²) >= 11 is 11.7. The minimum Gasteiger partial charge on any atom is -0.373 e. The van der Waals surface area contributed by atoms with Crippen molar-refractivity contribution in [1.82, 2.24) is 19.7 Å². The van der Waals surface area contributed by atoms with Crippen molar-refractivity contribution in [1.29, 1.82) is 0 Å². The Bertz CT molecular complexity index is 539. The van der Waals surface area contributed by atoms with Gasteiger partial charge in [-0.25, -0.2) is 4.98 Å². The first-order valence-corrected chi connectivity index (χ1v) is 5.17. The van der Waals surface area contributed by atoms with E-state index in [1.54, 1.807) is 0 Å². The molecule has 1 aliphatic heterocycles. The molecule has 0 amide bonds. The number of ether oxygens (including phenoxy) is 1. The maximum Gasteiger partial charge on any atom is 0.225 e. The minimum atomic E-state index is 0.115. The van der Waals surface area contributed by atoms with E-state index in [0.717, 1.165) is 11.1 Å². The van der Waals surface area contributed by atoms with Crippen molar-refractivity contribution in [3.63, 3.8) is 0 Å². The van der Waals surface area contributed by atoms with Gasteiger partial charge >= 0.3 is 0 Å². The molecule has 0 unspecified atom stereocenters. The van der Waals surface area contributed by atoms with Gasteiger partial charge in [0.25, 0.3) is 0 Å². The Labute approximate surface area is 95.0 Å².